The SMILES string of the molecule is CC(Cn1cncn1)NCc1ccccc1F. The quantitative estimate of drug-likeness (QED) is 0.854. The summed E-state index contributed by atoms with van der Waals surface area (Å²) in [5, 5.41) is 7.27. The van der Waals surface area contributed by atoms with E-state index in [0.29, 0.717) is 18.7 Å². The highest BCUT2D eigenvalue weighted by molar-refractivity contribution is 5.16. The number of aromatic nitrogens is 3. The molecule has 1 aromatic heterocycles. The van der Waals surface area contributed by atoms with Crippen LogP contribution in [0.1, 0.15) is 12.5 Å². The molecule has 1 N–H and O–H groups in total. The fourth-order valence-corrected chi connectivity index (χ4v) is 1.60. The van der Waals surface area contributed by atoms with Gasteiger partial charge in [-0.25, -0.2) is 9.37 Å². The highest BCUT2D eigenvalue weighted by atomic mass is 19.1. The lowest BCUT2D eigenvalue weighted by Crippen LogP contribution is -2.30. The van der Waals surface area contributed by atoms with Crippen LogP contribution in [0.5, 0.6) is 0 Å². The molecular weight excluding hydrogens is 219 g/mol. The summed E-state index contributed by atoms with van der Waals surface area (Å²) in [7, 11) is 0. The molecule has 2 rings (SSSR count). The Kier molecular flexibility index (Phi) is 3.82. The number of hydrogen-bond donors (Lipinski definition) is 1. The summed E-state index contributed by atoms with van der Waals surface area (Å²) in [5.41, 5.74) is 0.679. The molecule has 0 radical (unpaired) electrons. The average molecular weight is 234 g/mol. The molecule has 0 spiro atoms. The second-order valence-electron chi connectivity index (χ2n) is 3.99. The third-order valence-electron chi connectivity index (χ3n) is 2.53. The largest absolute Gasteiger partial charge is 0.308 e. The summed E-state index contributed by atoms with van der Waals surface area (Å²) >= 11 is 0. The normalized spacial score (nSPS) is 12.6. The molecule has 2 aromatic rings. The Bertz CT molecular complexity index is 455. The average Bonchev–Trinajstić information content (AvgIpc) is 2.81. The third kappa shape index (κ3) is 3.35. The molecule has 1 heterocycles. The fraction of sp³-hybridized carbons (Fsp3) is 0.333. The highest BCUT2D eigenvalue weighted by Crippen LogP contribution is 2.06. The molecule has 5 heteroatoms. The van der Waals surface area contributed by atoms with Gasteiger partial charge in [0.1, 0.15) is 18.5 Å². The van der Waals surface area contributed by atoms with Crippen LogP contribution in [0.3, 0.4) is 0 Å². The van der Waals surface area contributed by atoms with Gasteiger partial charge in [-0.05, 0) is 13.0 Å². The topological polar surface area (TPSA) is 42.7 Å². The van der Waals surface area contributed by atoms with Gasteiger partial charge in [0.25, 0.3) is 0 Å². The monoisotopic (exact) mass is 234 g/mol. The van der Waals surface area contributed by atoms with Crippen molar-refractivity contribution in [1.82, 2.24) is 20.1 Å². The standard InChI is InChI=1S/C12H15FN4/c1-10(7-17-9-14-8-16-17)15-6-11-4-2-3-5-12(11)13/h2-5,8-10,15H,6-7H2,1H3. The Labute approximate surface area is 99.5 Å². The van der Waals surface area contributed by atoms with E-state index in [1.165, 1.54) is 12.4 Å². The second-order valence-corrected chi connectivity index (χ2v) is 3.99. The maximum atomic E-state index is 13.3. The maximum Gasteiger partial charge on any atom is 0.137 e. The van der Waals surface area contributed by atoms with Crippen LogP contribution < -0.4 is 5.32 Å². The van der Waals surface area contributed by atoms with Gasteiger partial charge in [0.15, 0.2) is 0 Å². The van der Waals surface area contributed by atoms with Gasteiger partial charge < -0.3 is 5.32 Å². The van der Waals surface area contributed by atoms with Crippen molar-refractivity contribution in [3.05, 3.63) is 48.3 Å². The van der Waals surface area contributed by atoms with Crippen molar-refractivity contribution in [3.8, 4) is 0 Å². The number of rotatable bonds is 5. The summed E-state index contributed by atoms with van der Waals surface area (Å²) in [6.45, 7) is 3.26. The van der Waals surface area contributed by atoms with Gasteiger partial charge in [-0.15, -0.1) is 0 Å². The molecule has 0 amide bonds. The lowest BCUT2D eigenvalue weighted by molar-refractivity contribution is 0.445. The zero-order chi connectivity index (χ0) is 12.1. The van der Waals surface area contributed by atoms with Crippen LogP contribution in [0.2, 0.25) is 0 Å². The van der Waals surface area contributed by atoms with E-state index in [1.807, 2.05) is 13.0 Å². The second kappa shape index (κ2) is 5.54. The predicted molar refractivity (Wildman–Crippen MR) is 62.7 cm³/mol. The Balaban J connectivity index is 1.84. The van der Waals surface area contributed by atoms with Gasteiger partial charge in [0.2, 0.25) is 0 Å². The van der Waals surface area contributed by atoms with Gasteiger partial charge in [0, 0.05) is 18.2 Å². The van der Waals surface area contributed by atoms with E-state index in [-0.39, 0.29) is 11.9 Å². The van der Waals surface area contributed by atoms with Crippen molar-refractivity contribution >= 4 is 0 Å². The van der Waals surface area contributed by atoms with Gasteiger partial charge in [-0.2, -0.15) is 5.10 Å². The van der Waals surface area contributed by atoms with Crippen LogP contribution >= 0.6 is 0 Å². The van der Waals surface area contributed by atoms with Gasteiger partial charge in [-0.1, -0.05) is 18.2 Å². The molecule has 4 nitrogen and oxygen atoms in total. The van der Waals surface area contributed by atoms with Crippen molar-refractivity contribution in [2.75, 3.05) is 0 Å². The Morgan fingerprint density at radius 2 is 2.24 bits per heavy atom. The van der Waals surface area contributed by atoms with Crippen LogP contribution in [0, 0.1) is 5.82 Å². The zero-order valence-electron chi connectivity index (χ0n) is 9.68. The molecular formula is C12H15FN4. The highest BCUT2D eigenvalue weighted by Gasteiger charge is 2.05. The molecule has 0 aliphatic rings. The summed E-state index contributed by atoms with van der Waals surface area (Å²) in [6, 6.07) is 6.99. The van der Waals surface area contributed by atoms with Crippen LogP contribution in [0.4, 0.5) is 4.39 Å². The van der Waals surface area contributed by atoms with E-state index in [9.17, 15) is 4.39 Å². The molecule has 17 heavy (non-hydrogen) atoms. The molecule has 1 atom stereocenters. The minimum Gasteiger partial charge on any atom is -0.308 e. The van der Waals surface area contributed by atoms with Crippen molar-refractivity contribution in [3.63, 3.8) is 0 Å². The number of hydrogen-bond acceptors (Lipinski definition) is 3. The third-order valence-corrected chi connectivity index (χ3v) is 2.53. The minimum atomic E-state index is -0.173. The first-order valence-corrected chi connectivity index (χ1v) is 5.55. The molecule has 0 aliphatic carbocycles. The van der Waals surface area contributed by atoms with Crippen LogP contribution in [-0.4, -0.2) is 20.8 Å². The molecule has 1 unspecified atom stereocenters. The first-order chi connectivity index (χ1) is 8.25. The first-order valence-electron chi connectivity index (χ1n) is 5.55. The molecule has 0 saturated carbocycles. The van der Waals surface area contributed by atoms with Gasteiger partial charge in [-0.3, -0.25) is 4.68 Å². The molecule has 0 aliphatic heterocycles. The van der Waals surface area contributed by atoms with Crippen molar-refractivity contribution in [1.29, 1.82) is 0 Å². The number of benzene rings is 1. The number of nitrogens with zero attached hydrogens (tertiary/aromatic N) is 3. The maximum absolute atomic E-state index is 13.3. The van der Waals surface area contributed by atoms with Crippen LogP contribution in [-0.2, 0) is 13.1 Å². The molecule has 0 fully saturated rings. The summed E-state index contributed by atoms with van der Waals surface area (Å²) < 4.78 is 15.1. The molecule has 0 bridgehead atoms. The van der Waals surface area contributed by atoms with E-state index in [1.54, 1.807) is 23.1 Å². The van der Waals surface area contributed by atoms with Crippen LogP contribution in [0.25, 0.3) is 0 Å². The van der Waals surface area contributed by atoms with E-state index in [2.05, 4.69) is 15.4 Å². The minimum absolute atomic E-state index is 0.173. The zero-order valence-corrected chi connectivity index (χ0v) is 9.68. The Morgan fingerprint density at radius 3 is 2.94 bits per heavy atom. The lowest BCUT2D eigenvalue weighted by Gasteiger charge is -2.13. The number of nitrogens with one attached hydrogen (secondary N) is 1. The molecule has 1 aromatic carbocycles. The summed E-state index contributed by atoms with van der Waals surface area (Å²) in [5.74, 6) is -0.173. The van der Waals surface area contributed by atoms with Crippen molar-refractivity contribution in [2.24, 2.45) is 0 Å². The van der Waals surface area contributed by atoms with E-state index in [4.69, 9.17) is 0 Å². The summed E-state index contributed by atoms with van der Waals surface area (Å²) in [6.07, 6.45) is 3.17. The first kappa shape index (κ1) is 11.7. The number of halogens is 1. The smallest absolute Gasteiger partial charge is 0.137 e. The lowest BCUT2D eigenvalue weighted by atomic mass is 10.2. The fourth-order valence-electron chi connectivity index (χ4n) is 1.60. The van der Waals surface area contributed by atoms with Crippen molar-refractivity contribution in [2.45, 2.75) is 26.1 Å². The Hall–Kier alpha value is -1.75. The predicted octanol–water partition coefficient (Wildman–Crippen LogP) is 1.60. The van der Waals surface area contributed by atoms with E-state index < -0.39 is 0 Å². The van der Waals surface area contributed by atoms with Crippen LogP contribution in [0.15, 0.2) is 36.9 Å². The van der Waals surface area contributed by atoms with E-state index in [0.717, 1.165) is 0 Å². The Morgan fingerprint density at radius 1 is 1.41 bits per heavy atom. The van der Waals surface area contributed by atoms with Gasteiger partial charge in [0.05, 0.1) is 6.54 Å². The molecule has 0 saturated heterocycles. The molecule has 90 valence electrons. The van der Waals surface area contributed by atoms with Crippen molar-refractivity contribution < 1.29 is 4.39 Å². The summed E-state index contributed by atoms with van der Waals surface area (Å²) in [4.78, 5) is 3.87. The van der Waals surface area contributed by atoms with E-state index >= 15 is 0 Å². The van der Waals surface area contributed by atoms with Gasteiger partial charge >= 0.3 is 0 Å².